The summed E-state index contributed by atoms with van der Waals surface area (Å²) in [6.45, 7) is 7.34. The van der Waals surface area contributed by atoms with Gasteiger partial charge in [0.2, 0.25) is 0 Å². The number of nitrogens with zero attached hydrogens (tertiary/aromatic N) is 4. The smallest absolute Gasteiger partial charge is 0.272 e. The van der Waals surface area contributed by atoms with Crippen LogP contribution in [0.2, 0.25) is 0 Å². The summed E-state index contributed by atoms with van der Waals surface area (Å²) in [5, 5.41) is 23.7. The van der Waals surface area contributed by atoms with Gasteiger partial charge in [-0.3, -0.25) is 19.0 Å². The molecule has 0 saturated heterocycles. The number of aliphatic hydroxyl groups excluding tert-OH is 1. The van der Waals surface area contributed by atoms with Gasteiger partial charge in [0, 0.05) is 37.0 Å². The molecule has 2 aromatic rings. The second-order valence-corrected chi connectivity index (χ2v) is 6.11. The molecule has 0 unspecified atom stereocenters. The predicted octanol–water partition coefficient (Wildman–Crippen LogP) is -0.249. The lowest BCUT2D eigenvalue weighted by Gasteiger charge is -2.07. The van der Waals surface area contributed by atoms with E-state index in [0.717, 1.165) is 23.5 Å². The van der Waals surface area contributed by atoms with Crippen LogP contribution in [0.15, 0.2) is 6.07 Å². The molecule has 0 fully saturated rings. The van der Waals surface area contributed by atoms with Crippen LogP contribution in [0.4, 0.5) is 0 Å². The summed E-state index contributed by atoms with van der Waals surface area (Å²) in [7, 11) is 0. The average Bonchev–Trinajstić information content (AvgIpc) is 3.08. The molecule has 25 heavy (non-hydrogen) atoms. The number of amides is 2. The zero-order valence-electron chi connectivity index (χ0n) is 14.5. The molecule has 0 aromatic carbocycles. The summed E-state index contributed by atoms with van der Waals surface area (Å²) in [5.74, 6) is -0.718. The number of aromatic nitrogens is 4. The molecule has 1 aliphatic heterocycles. The van der Waals surface area contributed by atoms with Gasteiger partial charge >= 0.3 is 0 Å². The van der Waals surface area contributed by atoms with Crippen LogP contribution in [0.1, 0.15) is 44.9 Å². The number of β-amino-alcohol motifs (C(OH)–C–C–N with tert-alkyl or cyclic N) is 1. The SMILES string of the molecule is CCn1nc(C)c(CNC(=O)c2cc3n(n2)C[C@@H](O)CNC3=O)c1C. The predicted molar refractivity (Wildman–Crippen MR) is 89.1 cm³/mol. The van der Waals surface area contributed by atoms with Crippen molar-refractivity contribution in [3.8, 4) is 0 Å². The van der Waals surface area contributed by atoms with Gasteiger partial charge in [-0.25, -0.2) is 0 Å². The van der Waals surface area contributed by atoms with Gasteiger partial charge < -0.3 is 15.7 Å². The highest BCUT2D eigenvalue weighted by molar-refractivity contribution is 5.98. The van der Waals surface area contributed by atoms with E-state index < -0.39 is 6.10 Å². The van der Waals surface area contributed by atoms with Crippen LogP contribution in [0.3, 0.4) is 0 Å². The highest BCUT2D eigenvalue weighted by Gasteiger charge is 2.24. The van der Waals surface area contributed by atoms with Gasteiger partial charge in [-0.05, 0) is 20.8 Å². The van der Waals surface area contributed by atoms with Gasteiger partial charge in [0.15, 0.2) is 5.69 Å². The Kier molecular flexibility index (Phi) is 4.58. The van der Waals surface area contributed by atoms with Crippen LogP contribution < -0.4 is 10.6 Å². The fourth-order valence-electron chi connectivity index (χ4n) is 2.97. The van der Waals surface area contributed by atoms with Crippen molar-refractivity contribution < 1.29 is 14.7 Å². The lowest BCUT2D eigenvalue weighted by atomic mass is 10.2. The molecule has 3 rings (SSSR count). The number of aryl methyl sites for hydroxylation is 2. The highest BCUT2D eigenvalue weighted by atomic mass is 16.3. The molecule has 0 spiro atoms. The van der Waals surface area contributed by atoms with Crippen LogP contribution in [-0.4, -0.2) is 49.1 Å². The van der Waals surface area contributed by atoms with Crippen molar-refractivity contribution in [1.82, 2.24) is 30.2 Å². The molecule has 0 bridgehead atoms. The third-order valence-electron chi connectivity index (χ3n) is 4.38. The maximum Gasteiger partial charge on any atom is 0.272 e. The molecule has 3 N–H and O–H groups in total. The van der Waals surface area contributed by atoms with E-state index in [1.807, 2.05) is 25.5 Å². The third-order valence-corrected chi connectivity index (χ3v) is 4.38. The summed E-state index contributed by atoms with van der Waals surface area (Å²) in [5.41, 5.74) is 3.29. The zero-order chi connectivity index (χ0) is 18.1. The summed E-state index contributed by atoms with van der Waals surface area (Å²) in [6, 6.07) is 1.44. The first kappa shape index (κ1) is 17.2. The quantitative estimate of drug-likeness (QED) is 0.706. The monoisotopic (exact) mass is 346 g/mol. The normalized spacial score (nSPS) is 17.0. The second kappa shape index (κ2) is 6.67. The lowest BCUT2D eigenvalue weighted by molar-refractivity contribution is 0.0931. The largest absolute Gasteiger partial charge is 0.389 e. The second-order valence-electron chi connectivity index (χ2n) is 6.11. The van der Waals surface area contributed by atoms with E-state index in [4.69, 9.17) is 0 Å². The van der Waals surface area contributed by atoms with Gasteiger partial charge in [0.25, 0.3) is 11.8 Å². The van der Waals surface area contributed by atoms with Gasteiger partial charge in [-0.2, -0.15) is 10.2 Å². The van der Waals surface area contributed by atoms with E-state index in [1.165, 1.54) is 10.7 Å². The summed E-state index contributed by atoms with van der Waals surface area (Å²) in [6.07, 6.45) is -0.730. The van der Waals surface area contributed by atoms with Crippen molar-refractivity contribution in [1.29, 1.82) is 0 Å². The Morgan fingerprint density at radius 3 is 2.88 bits per heavy atom. The van der Waals surface area contributed by atoms with E-state index in [9.17, 15) is 14.7 Å². The Morgan fingerprint density at radius 1 is 1.44 bits per heavy atom. The van der Waals surface area contributed by atoms with E-state index in [1.54, 1.807) is 0 Å². The Bertz CT molecular complexity index is 822. The van der Waals surface area contributed by atoms with E-state index in [-0.39, 0.29) is 36.3 Å². The lowest BCUT2D eigenvalue weighted by Crippen LogP contribution is -2.30. The number of hydrogen-bond acceptors (Lipinski definition) is 5. The van der Waals surface area contributed by atoms with Crippen LogP contribution in [0.25, 0.3) is 0 Å². The molecule has 9 nitrogen and oxygen atoms in total. The zero-order valence-corrected chi connectivity index (χ0v) is 14.5. The first-order valence-corrected chi connectivity index (χ1v) is 8.25. The fraction of sp³-hybridized carbons (Fsp3) is 0.500. The van der Waals surface area contributed by atoms with Crippen LogP contribution in [0, 0.1) is 13.8 Å². The molecule has 2 amide bonds. The van der Waals surface area contributed by atoms with Crippen molar-refractivity contribution in [3.63, 3.8) is 0 Å². The number of fused-ring (bicyclic) bond motifs is 1. The van der Waals surface area contributed by atoms with Gasteiger partial charge in [-0.1, -0.05) is 0 Å². The number of aliphatic hydroxyl groups is 1. The highest BCUT2D eigenvalue weighted by Crippen LogP contribution is 2.13. The summed E-state index contributed by atoms with van der Waals surface area (Å²) >= 11 is 0. The van der Waals surface area contributed by atoms with Crippen molar-refractivity contribution in [2.75, 3.05) is 6.54 Å². The van der Waals surface area contributed by atoms with E-state index >= 15 is 0 Å². The molecule has 2 aromatic heterocycles. The first-order chi connectivity index (χ1) is 11.9. The first-order valence-electron chi connectivity index (χ1n) is 8.25. The Labute approximate surface area is 145 Å². The number of carbonyl (C=O) groups is 2. The van der Waals surface area contributed by atoms with Crippen molar-refractivity contribution in [2.24, 2.45) is 0 Å². The Balaban J connectivity index is 1.75. The molecule has 3 heterocycles. The Hall–Kier alpha value is -2.68. The molecular formula is C16H22N6O3. The number of carbonyl (C=O) groups excluding carboxylic acids is 2. The average molecular weight is 346 g/mol. The third kappa shape index (κ3) is 3.27. The number of nitrogens with one attached hydrogen (secondary N) is 2. The van der Waals surface area contributed by atoms with Gasteiger partial charge in [-0.15, -0.1) is 0 Å². The molecule has 1 aliphatic rings. The minimum atomic E-state index is -0.730. The van der Waals surface area contributed by atoms with Gasteiger partial charge in [0.05, 0.1) is 18.3 Å². The molecule has 9 heteroatoms. The molecule has 0 radical (unpaired) electrons. The fourth-order valence-corrected chi connectivity index (χ4v) is 2.97. The van der Waals surface area contributed by atoms with Crippen LogP contribution >= 0.6 is 0 Å². The van der Waals surface area contributed by atoms with E-state index in [0.29, 0.717) is 6.54 Å². The summed E-state index contributed by atoms with van der Waals surface area (Å²) < 4.78 is 3.26. The van der Waals surface area contributed by atoms with Crippen molar-refractivity contribution in [3.05, 3.63) is 34.4 Å². The Morgan fingerprint density at radius 2 is 2.20 bits per heavy atom. The maximum atomic E-state index is 12.4. The molecule has 134 valence electrons. The molecular weight excluding hydrogens is 324 g/mol. The molecule has 0 saturated carbocycles. The minimum absolute atomic E-state index is 0.150. The number of hydrogen-bond donors (Lipinski definition) is 3. The summed E-state index contributed by atoms with van der Waals surface area (Å²) in [4.78, 5) is 24.4. The number of rotatable bonds is 4. The molecule has 0 aliphatic carbocycles. The van der Waals surface area contributed by atoms with Crippen molar-refractivity contribution in [2.45, 2.75) is 46.5 Å². The van der Waals surface area contributed by atoms with Crippen molar-refractivity contribution >= 4 is 11.8 Å². The molecule has 1 atom stereocenters. The van der Waals surface area contributed by atoms with Gasteiger partial charge in [0.1, 0.15) is 5.69 Å². The minimum Gasteiger partial charge on any atom is -0.389 e. The topological polar surface area (TPSA) is 114 Å². The van der Waals surface area contributed by atoms with E-state index in [2.05, 4.69) is 20.8 Å². The maximum absolute atomic E-state index is 12.4. The van der Waals surface area contributed by atoms with Crippen LogP contribution in [0.5, 0.6) is 0 Å². The standard InChI is InChI=1S/C16H22N6O3/c1-4-21-10(3)12(9(2)19-21)7-18-15(24)13-5-14-16(25)17-6-11(23)8-22(14)20-13/h5,11,23H,4,6-8H2,1-3H3,(H,17,25)(H,18,24)/t11-/m0/s1. The van der Waals surface area contributed by atoms with Crippen LogP contribution in [-0.2, 0) is 19.6 Å².